The average molecular weight is 392 g/mol. The van der Waals surface area contributed by atoms with Gasteiger partial charge in [0.2, 0.25) is 11.8 Å². The highest BCUT2D eigenvalue weighted by Gasteiger charge is 2.32. The lowest BCUT2D eigenvalue weighted by Crippen LogP contribution is -2.47. The lowest BCUT2D eigenvalue weighted by molar-refractivity contribution is -0.133. The van der Waals surface area contributed by atoms with Gasteiger partial charge in [-0.05, 0) is 43.0 Å². The third kappa shape index (κ3) is 4.78. The van der Waals surface area contributed by atoms with Crippen LogP contribution in [0.1, 0.15) is 36.3 Å². The predicted octanol–water partition coefficient (Wildman–Crippen LogP) is 3.10. The number of carbonyl (C=O) groups excluding carboxylic acids is 2. The second-order valence-corrected chi connectivity index (χ2v) is 8.25. The summed E-state index contributed by atoms with van der Waals surface area (Å²) in [5, 5.41) is 3.14. The van der Waals surface area contributed by atoms with Gasteiger partial charge in [-0.15, -0.1) is 0 Å². The van der Waals surface area contributed by atoms with Crippen molar-refractivity contribution in [1.82, 2.24) is 10.2 Å². The van der Waals surface area contributed by atoms with Crippen LogP contribution >= 0.6 is 0 Å². The van der Waals surface area contributed by atoms with E-state index in [0.717, 1.165) is 25.9 Å². The minimum Gasteiger partial charge on any atom is -0.371 e. The van der Waals surface area contributed by atoms with Gasteiger partial charge in [-0.25, -0.2) is 0 Å². The van der Waals surface area contributed by atoms with Crippen molar-refractivity contribution >= 4 is 17.5 Å². The molecule has 1 atom stereocenters. The molecule has 0 unspecified atom stereocenters. The number of anilines is 1. The molecule has 152 valence electrons. The molecule has 0 spiro atoms. The molecule has 1 N–H and O–H groups in total. The van der Waals surface area contributed by atoms with Crippen molar-refractivity contribution in [3.05, 3.63) is 65.7 Å². The van der Waals surface area contributed by atoms with E-state index < -0.39 is 0 Å². The summed E-state index contributed by atoms with van der Waals surface area (Å²) in [5.74, 6) is 0.221. The van der Waals surface area contributed by atoms with Gasteiger partial charge in [-0.1, -0.05) is 42.5 Å². The molecular weight excluding hydrogens is 362 g/mol. The molecule has 2 fully saturated rings. The summed E-state index contributed by atoms with van der Waals surface area (Å²) >= 11 is 0. The number of nitrogens with zero attached hydrogens (tertiary/aromatic N) is 2. The number of nitrogens with one attached hydrogen (secondary N) is 1. The Hall–Kier alpha value is -2.82. The summed E-state index contributed by atoms with van der Waals surface area (Å²) in [6, 6.07) is 18.8. The highest BCUT2D eigenvalue weighted by atomic mass is 16.2. The Labute approximate surface area is 172 Å². The number of likely N-dealkylation sites (tertiary alicyclic amines) is 1. The molecule has 0 radical (unpaired) electrons. The molecule has 2 aliphatic rings. The number of hydrogen-bond acceptors (Lipinski definition) is 3. The van der Waals surface area contributed by atoms with Gasteiger partial charge >= 0.3 is 0 Å². The summed E-state index contributed by atoms with van der Waals surface area (Å²) in [6.07, 6.45) is 2.35. The van der Waals surface area contributed by atoms with Crippen LogP contribution in [0.25, 0.3) is 0 Å². The number of aryl methyl sites for hydroxylation is 1. The first-order valence-electron chi connectivity index (χ1n) is 10.5. The monoisotopic (exact) mass is 391 g/mol. The van der Waals surface area contributed by atoms with Gasteiger partial charge in [0, 0.05) is 43.7 Å². The standard InChI is InChI=1S/C24H29N3O2/c1-18-6-5-9-22(14-18)26-12-10-21(11-13-26)25-23(28)17-27-16-20(15-24(27)29)19-7-3-2-4-8-19/h2-9,14,20-21H,10-13,15-17H2,1H3,(H,25,28)/t20-/m1/s1. The summed E-state index contributed by atoms with van der Waals surface area (Å²) in [4.78, 5) is 29.0. The Morgan fingerprint density at radius 3 is 2.55 bits per heavy atom. The zero-order chi connectivity index (χ0) is 20.2. The molecule has 5 heteroatoms. The quantitative estimate of drug-likeness (QED) is 0.852. The average Bonchev–Trinajstić information content (AvgIpc) is 3.09. The van der Waals surface area contributed by atoms with Gasteiger partial charge in [0.25, 0.3) is 0 Å². The summed E-state index contributed by atoms with van der Waals surface area (Å²) in [7, 11) is 0. The van der Waals surface area contributed by atoms with Crippen LogP contribution in [0.2, 0.25) is 0 Å². The van der Waals surface area contributed by atoms with Crippen LogP contribution in [0.4, 0.5) is 5.69 Å². The minimum atomic E-state index is -0.0407. The second kappa shape index (κ2) is 8.68. The summed E-state index contributed by atoms with van der Waals surface area (Å²) in [6.45, 7) is 4.78. The Morgan fingerprint density at radius 1 is 1.07 bits per heavy atom. The maximum atomic E-state index is 12.5. The molecule has 0 aliphatic carbocycles. The Kier molecular flexibility index (Phi) is 5.84. The van der Waals surface area contributed by atoms with Gasteiger partial charge in [-0.2, -0.15) is 0 Å². The molecule has 2 saturated heterocycles. The molecule has 0 aromatic heterocycles. The van der Waals surface area contributed by atoms with Crippen molar-refractivity contribution < 1.29 is 9.59 Å². The maximum Gasteiger partial charge on any atom is 0.239 e. The Balaban J connectivity index is 1.25. The third-order valence-corrected chi connectivity index (χ3v) is 6.05. The molecule has 2 amide bonds. The predicted molar refractivity (Wildman–Crippen MR) is 115 cm³/mol. The molecule has 2 aromatic carbocycles. The van der Waals surface area contributed by atoms with E-state index in [4.69, 9.17) is 0 Å². The van der Waals surface area contributed by atoms with Crippen molar-refractivity contribution in [1.29, 1.82) is 0 Å². The molecule has 2 aliphatic heterocycles. The van der Waals surface area contributed by atoms with Crippen LogP contribution in [0.5, 0.6) is 0 Å². The zero-order valence-electron chi connectivity index (χ0n) is 17.0. The fourth-order valence-corrected chi connectivity index (χ4v) is 4.43. The first-order valence-corrected chi connectivity index (χ1v) is 10.5. The van der Waals surface area contributed by atoms with Crippen LogP contribution < -0.4 is 10.2 Å². The topological polar surface area (TPSA) is 52.7 Å². The van der Waals surface area contributed by atoms with Crippen molar-refractivity contribution in [2.45, 2.75) is 38.1 Å². The number of amides is 2. The number of carbonyl (C=O) groups is 2. The first-order chi connectivity index (χ1) is 14.1. The van der Waals surface area contributed by atoms with E-state index in [2.05, 4.69) is 53.5 Å². The van der Waals surface area contributed by atoms with E-state index in [9.17, 15) is 9.59 Å². The highest BCUT2D eigenvalue weighted by Crippen LogP contribution is 2.27. The van der Waals surface area contributed by atoms with Crippen LogP contribution in [0.3, 0.4) is 0 Å². The zero-order valence-corrected chi connectivity index (χ0v) is 17.0. The Bertz CT molecular complexity index is 859. The Morgan fingerprint density at radius 2 is 1.83 bits per heavy atom. The van der Waals surface area contributed by atoms with Gasteiger partial charge in [0.05, 0.1) is 6.54 Å². The van der Waals surface area contributed by atoms with Gasteiger partial charge in [0.1, 0.15) is 0 Å². The molecular formula is C24H29N3O2. The van der Waals surface area contributed by atoms with Gasteiger partial charge < -0.3 is 15.1 Å². The molecule has 0 bridgehead atoms. The smallest absolute Gasteiger partial charge is 0.239 e. The maximum absolute atomic E-state index is 12.5. The minimum absolute atomic E-state index is 0.0407. The van der Waals surface area contributed by atoms with E-state index in [-0.39, 0.29) is 30.3 Å². The molecule has 29 heavy (non-hydrogen) atoms. The highest BCUT2D eigenvalue weighted by molar-refractivity contribution is 5.86. The second-order valence-electron chi connectivity index (χ2n) is 8.25. The van der Waals surface area contributed by atoms with E-state index >= 15 is 0 Å². The van der Waals surface area contributed by atoms with Crippen molar-refractivity contribution in [3.8, 4) is 0 Å². The molecule has 5 nitrogen and oxygen atoms in total. The number of hydrogen-bond donors (Lipinski definition) is 1. The number of benzene rings is 2. The van der Waals surface area contributed by atoms with Crippen LogP contribution in [0.15, 0.2) is 54.6 Å². The van der Waals surface area contributed by atoms with Crippen molar-refractivity contribution in [2.24, 2.45) is 0 Å². The lowest BCUT2D eigenvalue weighted by Gasteiger charge is -2.34. The SMILES string of the molecule is Cc1cccc(N2CCC(NC(=O)CN3C[C@H](c4ccccc4)CC3=O)CC2)c1. The molecule has 2 heterocycles. The summed E-state index contributed by atoms with van der Waals surface area (Å²) in [5.41, 5.74) is 3.69. The number of piperidine rings is 1. The fraction of sp³-hybridized carbons (Fsp3) is 0.417. The van der Waals surface area contributed by atoms with Crippen LogP contribution in [-0.2, 0) is 9.59 Å². The van der Waals surface area contributed by atoms with Crippen LogP contribution in [0, 0.1) is 6.92 Å². The van der Waals surface area contributed by atoms with Crippen LogP contribution in [-0.4, -0.2) is 48.9 Å². The normalized spacial score (nSPS) is 20.2. The largest absolute Gasteiger partial charge is 0.371 e. The van der Waals surface area contributed by atoms with E-state index in [1.807, 2.05) is 18.2 Å². The van der Waals surface area contributed by atoms with Gasteiger partial charge in [0.15, 0.2) is 0 Å². The lowest BCUT2D eigenvalue weighted by atomic mass is 9.99. The first kappa shape index (κ1) is 19.5. The van der Waals surface area contributed by atoms with Gasteiger partial charge in [-0.3, -0.25) is 9.59 Å². The number of rotatable bonds is 5. The molecule has 4 rings (SSSR count). The fourth-order valence-electron chi connectivity index (χ4n) is 4.43. The molecule has 0 saturated carbocycles. The molecule has 2 aromatic rings. The van der Waals surface area contributed by atoms with E-state index in [0.29, 0.717) is 13.0 Å². The van der Waals surface area contributed by atoms with E-state index in [1.165, 1.54) is 16.8 Å². The third-order valence-electron chi connectivity index (χ3n) is 6.05. The van der Waals surface area contributed by atoms with Crippen molar-refractivity contribution in [3.63, 3.8) is 0 Å². The van der Waals surface area contributed by atoms with E-state index in [1.54, 1.807) is 4.90 Å². The van der Waals surface area contributed by atoms with Crippen molar-refractivity contribution in [2.75, 3.05) is 31.1 Å². The summed E-state index contributed by atoms with van der Waals surface area (Å²) < 4.78 is 0.